The Morgan fingerprint density at radius 1 is 1.15 bits per heavy atom. The van der Waals surface area contributed by atoms with E-state index in [-0.39, 0.29) is 0 Å². The third-order valence-electron chi connectivity index (χ3n) is 5.74. The first kappa shape index (κ1) is 21.9. The number of carboxylic acids is 1. The molecule has 4 aromatic rings. The minimum Gasteiger partial charge on any atom is -0.486 e. The molecule has 2 N–H and O–H groups in total. The van der Waals surface area contributed by atoms with Crippen molar-refractivity contribution in [2.75, 3.05) is 18.5 Å². The molecule has 5 rings (SSSR count). The van der Waals surface area contributed by atoms with Gasteiger partial charge in [0, 0.05) is 17.3 Å². The van der Waals surface area contributed by atoms with Crippen LogP contribution < -0.4 is 14.8 Å². The zero-order chi connectivity index (χ0) is 23.7. The number of carbonyl (C=O) groups is 1. The zero-order valence-electron chi connectivity index (χ0n) is 18.7. The van der Waals surface area contributed by atoms with Crippen LogP contribution in [0, 0.1) is 6.92 Å². The van der Waals surface area contributed by atoms with Crippen molar-refractivity contribution in [3.8, 4) is 22.6 Å². The fourth-order valence-electron chi connectivity index (χ4n) is 3.81. The minimum atomic E-state index is -0.953. The van der Waals surface area contributed by atoms with Gasteiger partial charge in [0.1, 0.15) is 19.3 Å². The maximum atomic E-state index is 11.0. The number of benzene rings is 3. The average Bonchev–Trinajstić information content (AvgIpc) is 3.25. The van der Waals surface area contributed by atoms with Crippen LogP contribution in [0.4, 0.5) is 11.5 Å². The molecule has 1 aliphatic rings. The Balaban J connectivity index is 1.45. The summed E-state index contributed by atoms with van der Waals surface area (Å²) >= 11 is 1.41. The monoisotopic (exact) mass is 473 g/mol. The number of ether oxygens (including phenoxy) is 2. The number of hydrogen-bond donors (Lipinski definition) is 2. The lowest BCUT2D eigenvalue weighted by atomic mass is 9.98. The first-order valence-corrected chi connectivity index (χ1v) is 11.7. The van der Waals surface area contributed by atoms with Crippen molar-refractivity contribution in [2.24, 2.45) is 4.99 Å². The smallest absolute Gasteiger partial charge is 0.328 e. The van der Waals surface area contributed by atoms with E-state index in [1.165, 1.54) is 11.5 Å². The molecule has 8 heteroatoms. The summed E-state index contributed by atoms with van der Waals surface area (Å²) in [4.78, 5) is 15.1. The molecular weight excluding hydrogens is 450 g/mol. The van der Waals surface area contributed by atoms with E-state index in [0.717, 1.165) is 55.3 Å². The number of aliphatic imine (C=N–C) groups is 1. The third-order valence-corrected chi connectivity index (χ3v) is 6.57. The zero-order valence-corrected chi connectivity index (χ0v) is 19.6. The van der Waals surface area contributed by atoms with Gasteiger partial charge in [0.2, 0.25) is 0 Å². The number of aliphatic carboxylic acids is 1. The summed E-state index contributed by atoms with van der Waals surface area (Å²) in [5, 5.41) is 13.5. The highest BCUT2D eigenvalue weighted by molar-refractivity contribution is 7.13. The Morgan fingerprint density at radius 3 is 2.79 bits per heavy atom. The van der Waals surface area contributed by atoms with Crippen molar-refractivity contribution in [3.63, 3.8) is 0 Å². The van der Waals surface area contributed by atoms with Gasteiger partial charge in [-0.15, -0.1) is 0 Å². The molecule has 7 nitrogen and oxygen atoms in total. The fourth-order valence-corrected chi connectivity index (χ4v) is 4.53. The summed E-state index contributed by atoms with van der Waals surface area (Å²) < 4.78 is 17.0. The maximum absolute atomic E-state index is 11.0. The molecule has 0 spiro atoms. The number of fused-ring (bicyclic) bond motifs is 2. The number of hydrogen-bond acceptors (Lipinski definition) is 7. The van der Waals surface area contributed by atoms with Crippen molar-refractivity contribution in [1.82, 2.24) is 4.37 Å². The Morgan fingerprint density at radius 2 is 1.97 bits per heavy atom. The van der Waals surface area contributed by atoms with Gasteiger partial charge >= 0.3 is 5.97 Å². The number of rotatable bonds is 6. The van der Waals surface area contributed by atoms with Gasteiger partial charge in [-0.3, -0.25) is 4.99 Å². The molecule has 34 heavy (non-hydrogen) atoms. The predicted molar refractivity (Wildman–Crippen MR) is 135 cm³/mol. The Labute approximate surface area is 200 Å². The van der Waals surface area contributed by atoms with Gasteiger partial charge < -0.3 is 19.9 Å². The van der Waals surface area contributed by atoms with Crippen LogP contribution in [0.15, 0.2) is 59.6 Å². The van der Waals surface area contributed by atoms with Gasteiger partial charge in [-0.25, -0.2) is 4.79 Å². The summed E-state index contributed by atoms with van der Waals surface area (Å²) in [6.07, 6.45) is 1.59. The molecule has 0 unspecified atom stereocenters. The maximum Gasteiger partial charge on any atom is 0.328 e. The van der Waals surface area contributed by atoms with E-state index in [1.807, 2.05) is 48.5 Å². The van der Waals surface area contributed by atoms with Crippen molar-refractivity contribution < 1.29 is 19.4 Å². The predicted octanol–water partition coefficient (Wildman–Crippen LogP) is 5.68. The highest BCUT2D eigenvalue weighted by Crippen LogP contribution is 2.38. The lowest BCUT2D eigenvalue weighted by molar-refractivity contribution is -0.137. The molecule has 1 aliphatic heterocycles. The third kappa shape index (κ3) is 4.32. The van der Waals surface area contributed by atoms with E-state index >= 15 is 0 Å². The molecule has 1 aromatic heterocycles. The SMILES string of the molecule is Cc1c(Nc2nsc3ccc(C=N[C@@H](C)C(=O)O)cc23)cccc1-c1ccc2c(c1)OCCO2. The van der Waals surface area contributed by atoms with Crippen molar-refractivity contribution in [1.29, 1.82) is 0 Å². The van der Waals surface area contributed by atoms with Crippen LogP contribution in [-0.2, 0) is 4.79 Å². The van der Waals surface area contributed by atoms with Gasteiger partial charge in [-0.05, 0) is 78.0 Å². The quantitative estimate of drug-likeness (QED) is 0.350. The molecule has 2 heterocycles. The largest absolute Gasteiger partial charge is 0.486 e. The molecule has 0 amide bonds. The normalized spacial score (nSPS) is 13.8. The van der Waals surface area contributed by atoms with Crippen LogP contribution in [0.2, 0.25) is 0 Å². The van der Waals surface area contributed by atoms with Crippen LogP contribution in [-0.4, -0.2) is 40.9 Å². The molecule has 3 aromatic carbocycles. The first-order valence-electron chi connectivity index (χ1n) is 10.9. The van der Waals surface area contributed by atoms with Crippen molar-refractivity contribution >= 4 is 45.3 Å². The summed E-state index contributed by atoms with van der Waals surface area (Å²) in [5.41, 5.74) is 5.02. The van der Waals surface area contributed by atoms with E-state index in [9.17, 15) is 4.79 Å². The number of carboxylic acid groups (broad SMARTS) is 1. The highest BCUT2D eigenvalue weighted by Gasteiger charge is 2.15. The Kier molecular flexibility index (Phi) is 5.90. The van der Waals surface area contributed by atoms with Crippen molar-refractivity contribution in [3.05, 3.63) is 65.7 Å². The van der Waals surface area contributed by atoms with E-state index in [4.69, 9.17) is 14.6 Å². The second kappa shape index (κ2) is 9.15. The van der Waals surface area contributed by atoms with Crippen LogP contribution in [0.5, 0.6) is 11.5 Å². The van der Waals surface area contributed by atoms with Gasteiger partial charge in [-0.1, -0.05) is 24.3 Å². The number of nitrogens with one attached hydrogen (secondary N) is 1. The van der Waals surface area contributed by atoms with Crippen LogP contribution in [0.1, 0.15) is 18.1 Å². The average molecular weight is 474 g/mol. The van der Waals surface area contributed by atoms with E-state index in [0.29, 0.717) is 13.2 Å². The molecule has 0 radical (unpaired) electrons. The Bertz CT molecular complexity index is 1410. The van der Waals surface area contributed by atoms with E-state index < -0.39 is 12.0 Å². The number of nitrogens with zero attached hydrogens (tertiary/aromatic N) is 2. The van der Waals surface area contributed by atoms with Gasteiger partial charge in [0.05, 0.1) is 4.70 Å². The fraction of sp³-hybridized carbons (Fsp3) is 0.192. The van der Waals surface area contributed by atoms with Crippen LogP contribution in [0.25, 0.3) is 21.2 Å². The van der Waals surface area contributed by atoms with Gasteiger partial charge in [0.15, 0.2) is 17.3 Å². The molecule has 172 valence electrons. The van der Waals surface area contributed by atoms with Crippen LogP contribution >= 0.6 is 11.5 Å². The number of aromatic nitrogens is 1. The molecule has 0 saturated carbocycles. The van der Waals surface area contributed by atoms with Crippen molar-refractivity contribution in [2.45, 2.75) is 19.9 Å². The number of anilines is 2. The molecule has 0 saturated heterocycles. The first-order chi connectivity index (χ1) is 16.5. The Hall–Kier alpha value is -3.91. The molecule has 1 atom stereocenters. The lowest BCUT2D eigenvalue weighted by Gasteiger charge is -2.19. The summed E-state index contributed by atoms with van der Waals surface area (Å²) in [5.74, 6) is 1.33. The summed E-state index contributed by atoms with van der Waals surface area (Å²) in [6.45, 7) is 4.75. The molecule has 0 bridgehead atoms. The van der Waals surface area contributed by atoms with Crippen LogP contribution in [0.3, 0.4) is 0 Å². The minimum absolute atomic E-state index is 0.551. The summed E-state index contributed by atoms with van der Waals surface area (Å²) in [7, 11) is 0. The second-order valence-electron chi connectivity index (χ2n) is 8.04. The topological polar surface area (TPSA) is 93.0 Å². The van der Waals surface area contributed by atoms with E-state index in [1.54, 1.807) is 13.1 Å². The summed E-state index contributed by atoms with van der Waals surface area (Å²) in [6, 6.07) is 17.2. The van der Waals surface area contributed by atoms with Gasteiger partial charge in [0.25, 0.3) is 0 Å². The molecule has 0 fully saturated rings. The lowest BCUT2D eigenvalue weighted by Crippen LogP contribution is -2.15. The van der Waals surface area contributed by atoms with E-state index in [2.05, 4.69) is 27.7 Å². The standard InChI is InChI=1S/C26H23N3O4S/c1-15-19(18-7-8-22-23(13-18)33-11-10-32-22)4-3-5-21(15)28-25-20-12-17(6-9-24(20)34-29-25)14-27-16(2)26(30)31/h3-9,12-14,16H,10-11H2,1-2H3,(H,28,29)(H,30,31)/t16-/m0/s1. The molecule has 0 aliphatic carbocycles. The molecular formula is C26H23N3O4S. The van der Waals surface area contributed by atoms with Gasteiger partial charge in [-0.2, -0.15) is 4.37 Å². The second-order valence-corrected chi connectivity index (χ2v) is 8.85. The highest BCUT2D eigenvalue weighted by atomic mass is 32.1.